The van der Waals surface area contributed by atoms with Gasteiger partial charge < -0.3 is 25.6 Å². The fourth-order valence-electron chi connectivity index (χ4n) is 4.29. The molecule has 4 N–H and O–H groups in total. The van der Waals surface area contributed by atoms with E-state index in [-0.39, 0.29) is 18.2 Å². The highest BCUT2D eigenvalue weighted by Crippen LogP contribution is 2.31. The molecule has 1 saturated heterocycles. The van der Waals surface area contributed by atoms with Gasteiger partial charge in [-0.3, -0.25) is 9.69 Å². The zero-order valence-corrected chi connectivity index (χ0v) is 17.5. The number of likely N-dealkylation sites (tertiary alicyclic amines) is 1. The SMILES string of the molecule is NC(=O)C(c1cc(F)cc(F)c1)N1CCC(NCC(O)C2COc3ccccc3O2)CC1. The van der Waals surface area contributed by atoms with E-state index in [4.69, 9.17) is 15.2 Å². The van der Waals surface area contributed by atoms with E-state index in [9.17, 15) is 18.7 Å². The Morgan fingerprint density at radius 2 is 1.81 bits per heavy atom. The second-order valence-corrected chi connectivity index (χ2v) is 8.21. The number of para-hydroxylation sites is 2. The lowest BCUT2D eigenvalue weighted by atomic mass is 9.98. The number of aliphatic hydroxyl groups excluding tert-OH is 1. The minimum absolute atomic E-state index is 0.121. The van der Waals surface area contributed by atoms with Crippen LogP contribution in [0.4, 0.5) is 8.78 Å². The first-order chi connectivity index (χ1) is 15.4. The summed E-state index contributed by atoms with van der Waals surface area (Å²) in [6.07, 6.45) is 0.160. The van der Waals surface area contributed by atoms with Gasteiger partial charge in [-0.25, -0.2) is 8.78 Å². The van der Waals surface area contributed by atoms with Crippen molar-refractivity contribution in [1.82, 2.24) is 10.2 Å². The van der Waals surface area contributed by atoms with Crippen LogP contribution in [0.5, 0.6) is 11.5 Å². The Balaban J connectivity index is 1.28. The number of fused-ring (bicyclic) bond motifs is 1. The van der Waals surface area contributed by atoms with Gasteiger partial charge in [0.15, 0.2) is 17.6 Å². The van der Waals surface area contributed by atoms with Crippen molar-refractivity contribution in [2.45, 2.75) is 37.1 Å². The van der Waals surface area contributed by atoms with Gasteiger partial charge in [0.1, 0.15) is 30.4 Å². The highest BCUT2D eigenvalue weighted by Gasteiger charge is 2.32. The topological polar surface area (TPSA) is 97.1 Å². The molecule has 32 heavy (non-hydrogen) atoms. The summed E-state index contributed by atoms with van der Waals surface area (Å²) >= 11 is 0. The minimum Gasteiger partial charge on any atom is -0.486 e. The largest absolute Gasteiger partial charge is 0.486 e. The molecule has 7 nitrogen and oxygen atoms in total. The Morgan fingerprint density at radius 1 is 1.16 bits per heavy atom. The number of amides is 1. The molecule has 3 unspecified atom stereocenters. The number of rotatable bonds is 7. The van der Waals surface area contributed by atoms with Crippen LogP contribution in [-0.4, -0.2) is 60.4 Å². The number of primary amides is 1. The smallest absolute Gasteiger partial charge is 0.239 e. The van der Waals surface area contributed by atoms with Gasteiger partial charge in [0.05, 0.1) is 0 Å². The standard InChI is InChI=1S/C23H27F2N3O4/c24-15-9-14(10-16(25)11-15)22(23(26)30)28-7-5-17(6-8-28)27-12-18(29)21-13-31-19-3-1-2-4-20(19)32-21/h1-4,9-11,17-18,21-22,27,29H,5-8,12-13H2,(H2,26,30). The van der Waals surface area contributed by atoms with E-state index in [0.29, 0.717) is 44.0 Å². The second kappa shape index (κ2) is 9.81. The molecule has 2 heterocycles. The summed E-state index contributed by atoms with van der Waals surface area (Å²) in [4.78, 5) is 13.9. The van der Waals surface area contributed by atoms with Crippen LogP contribution < -0.4 is 20.5 Å². The van der Waals surface area contributed by atoms with Crippen LogP contribution in [0.1, 0.15) is 24.4 Å². The molecule has 0 radical (unpaired) electrons. The molecule has 0 saturated carbocycles. The number of nitrogens with two attached hydrogens (primary N) is 1. The van der Waals surface area contributed by atoms with E-state index < -0.39 is 35.8 Å². The van der Waals surface area contributed by atoms with Crippen LogP contribution in [0, 0.1) is 11.6 Å². The van der Waals surface area contributed by atoms with Gasteiger partial charge in [-0.2, -0.15) is 0 Å². The molecule has 1 amide bonds. The summed E-state index contributed by atoms with van der Waals surface area (Å²) in [5.41, 5.74) is 5.76. The molecular formula is C23H27F2N3O4. The molecule has 0 spiro atoms. The molecule has 2 aromatic carbocycles. The number of halogens is 2. The average molecular weight is 447 g/mol. The third kappa shape index (κ3) is 5.17. The fourth-order valence-corrected chi connectivity index (χ4v) is 4.29. The molecule has 2 aromatic rings. The lowest BCUT2D eigenvalue weighted by Crippen LogP contribution is -2.50. The first-order valence-electron chi connectivity index (χ1n) is 10.7. The Morgan fingerprint density at radius 3 is 2.47 bits per heavy atom. The van der Waals surface area contributed by atoms with Crippen molar-refractivity contribution < 1.29 is 28.2 Å². The fraction of sp³-hybridized carbons (Fsp3) is 0.435. The molecule has 0 aromatic heterocycles. The average Bonchev–Trinajstić information content (AvgIpc) is 2.77. The van der Waals surface area contributed by atoms with Crippen molar-refractivity contribution in [3.8, 4) is 11.5 Å². The number of piperidine rings is 1. The number of hydrogen-bond donors (Lipinski definition) is 3. The van der Waals surface area contributed by atoms with E-state index in [0.717, 1.165) is 18.2 Å². The van der Waals surface area contributed by atoms with Crippen molar-refractivity contribution in [3.63, 3.8) is 0 Å². The number of nitrogens with zero attached hydrogens (tertiary/aromatic N) is 1. The van der Waals surface area contributed by atoms with Crippen molar-refractivity contribution in [3.05, 3.63) is 59.7 Å². The number of benzene rings is 2. The van der Waals surface area contributed by atoms with Gasteiger partial charge in [-0.15, -0.1) is 0 Å². The van der Waals surface area contributed by atoms with Crippen molar-refractivity contribution in [1.29, 1.82) is 0 Å². The molecule has 1 fully saturated rings. The van der Waals surface area contributed by atoms with Gasteiger partial charge >= 0.3 is 0 Å². The Labute approximate surface area is 185 Å². The van der Waals surface area contributed by atoms with Crippen LogP contribution in [0.25, 0.3) is 0 Å². The molecule has 172 valence electrons. The Hall–Kier alpha value is -2.75. The molecular weight excluding hydrogens is 420 g/mol. The van der Waals surface area contributed by atoms with Crippen LogP contribution in [0.3, 0.4) is 0 Å². The van der Waals surface area contributed by atoms with Crippen LogP contribution in [0.2, 0.25) is 0 Å². The van der Waals surface area contributed by atoms with Gasteiger partial charge in [0, 0.05) is 31.7 Å². The van der Waals surface area contributed by atoms with Gasteiger partial charge in [-0.05, 0) is 42.7 Å². The van der Waals surface area contributed by atoms with Crippen LogP contribution >= 0.6 is 0 Å². The second-order valence-electron chi connectivity index (χ2n) is 8.21. The monoisotopic (exact) mass is 447 g/mol. The summed E-state index contributed by atoms with van der Waals surface area (Å²) in [6, 6.07) is 9.62. The van der Waals surface area contributed by atoms with E-state index in [1.807, 2.05) is 23.1 Å². The van der Waals surface area contributed by atoms with E-state index >= 15 is 0 Å². The first kappa shape index (κ1) is 22.4. The number of nitrogens with one attached hydrogen (secondary N) is 1. The van der Waals surface area contributed by atoms with Crippen LogP contribution in [0.15, 0.2) is 42.5 Å². The summed E-state index contributed by atoms with van der Waals surface area (Å²) in [7, 11) is 0. The normalized spacial score (nSPS) is 21.2. The third-order valence-electron chi connectivity index (χ3n) is 5.94. The molecule has 0 aliphatic carbocycles. The molecule has 3 atom stereocenters. The predicted molar refractivity (Wildman–Crippen MR) is 113 cm³/mol. The summed E-state index contributed by atoms with van der Waals surface area (Å²) in [5.74, 6) is -0.853. The number of aliphatic hydroxyl groups is 1. The number of carbonyl (C=O) groups is 1. The predicted octanol–water partition coefficient (Wildman–Crippen LogP) is 1.75. The quantitative estimate of drug-likeness (QED) is 0.599. The minimum atomic E-state index is -0.889. The van der Waals surface area contributed by atoms with Crippen molar-refractivity contribution in [2.24, 2.45) is 5.73 Å². The molecule has 9 heteroatoms. The maximum atomic E-state index is 13.6. The number of carbonyl (C=O) groups excluding carboxylic acids is 1. The molecule has 2 aliphatic rings. The van der Waals surface area contributed by atoms with E-state index in [1.54, 1.807) is 6.07 Å². The summed E-state index contributed by atoms with van der Waals surface area (Å²) in [6.45, 7) is 1.64. The van der Waals surface area contributed by atoms with Gasteiger partial charge in [0.2, 0.25) is 5.91 Å². The highest BCUT2D eigenvalue weighted by molar-refractivity contribution is 5.81. The maximum absolute atomic E-state index is 13.6. The lowest BCUT2D eigenvalue weighted by Gasteiger charge is -2.37. The zero-order chi connectivity index (χ0) is 22.7. The van der Waals surface area contributed by atoms with Gasteiger partial charge in [-0.1, -0.05) is 12.1 Å². The summed E-state index contributed by atoms with van der Waals surface area (Å²) < 4.78 is 38.8. The third-order valence-corrected chi connectivity index (χ3v) is 5.94. The van der Waals surface area contributed by atoms with Crippen molar-refractivity contribution in [2.75, 3.05) is 26.2 Å². The number of hydrogen-bond acceptors (Lipinski definition) is 6. The molecule has 0 bridgehead atoms. The Kier molecular flexibility index (Phi) is 6.88. The van der Waals surface area contributed by atoms with Crippen LogP contribution in [-0.2, 0) is 4.79 Å². The van der Waals surface area contributed by atoms with Gasteiger partial charge in [0.25, 0.3) is 0 Å². The van der Waals surface area contributed by atoms with Crippen molar-refractivity contribution >= 4 is 5.91 Å². The zero-order valence-electron chi connectivity index (χ0n) is 17.5. The molecule has 4 rings (SSSR count). The summed E-state index contributed by atoms with van der Waals surface area (Å²) in [5, 5.41) is 13.9. The maximum Gasteiger partial charge on any atom is 0.239 e. The molecule has 2 aliphatic heterocycles. The first-order valence-corrected chi connectivity index (χ1v) is 10.7. The highest BCUT2D eigenvalue weighted by atomic mass is 19.1. The Bertz CT molecular complexity index is 932. The van der Waals surface area contributed by atoms with E-state index in [1.165, 1.54) is 0 Å². The number of ether oxygens (including phenoxy) is 2. The van der Waals surface area contributed by atoms with E-state index in [2.05, 4.69) is 5.32 Å². The lowest BCUT2D eigenvalue weighted by molar-refractivity contribution is -0.124.